The Labute approximate surface area is 208 Å². The molecular weight excluding hydrogens is 480 g/mol. The van der Waals surface area contributed by atoms with E-state index in [2.05, 4.69) is 32.1 Å². The number of benzene rings is 1. The fourth-order valence-corrected chi connectivity index (χ4v) is 3.90. The van der Waals surface area contributed by atoms with Crippen molar-refractivity contribution in [3.8, 4) is 11.8 Å². The van der Waals surface area contributed by atoms with Crippen molar-refractivity contribution in [2.45, 2.75) is 31.3 Å². The maximum atomic E-state index is 12.7. The third kappa shape index (κ3) is 4.04. The highest BCUT2D eigenvalue weighted by Crippen LogP contribution is 2.48. The number of carboxylic acids is 1. The number of nitrogens with zero attached hydrogens (tertiary/aromatic N) is 3. The van der Waals surface area contributed by atoms with Crippen LogP contribution < -0.4 is 5.32 Å². The normalized spacial score (nSPS) is 14.6. The minimum Gasteiger partial charge on any atom is -0.480 e. The third-order valence-electron chi connectivity index (χ3n) is 6.10. The molecule has 1 aliphatic carbocycles. The molecule has 4 aromatic heterocycles. The lowest BCUT2D eigenvalue weighted by Gasteiger charge is -2.14. The van der Waals surface area contributed by atoms with Crippen LogP contribution in [0.1, 0.15) is 49.0 Å². The zero-order valence-corrected chi connectivity index (χ0v) is 19.3. The zero-order valence-electron chi connectivity index (χ0n) is 19.3. The van der Waals surface area contributed by atoms with Gasteiger partial charge < -0.3 is 23.1 Å². The number of carbonyl (C=O) groups is 2. The molecule has 1 aliphatic rings. The quantitative estimate of drug-likeness (QED) is 0.323. The molecule has 6 rings (SSSR count). The van der Waals surface area contributed by atoms with E-state index in [1.165, 1.54) is 6.20 Å². The fourth-order valence-electron chi connectivity index (χ4n) is 3.90. The summed E-state index contributed by atoms with van der Waals surface area (Å²) in [4.78, 5) is 36.5. The van der Waals surface area contributed by atoms with Crippen LogP contribution in [0, 0.1) is 11.8 Å². The molecule has 4 heterocycles. The maximum absolute atomic E-state index is 12.7. The second kappa shape index (κ2) is 8.53. The van der Waals surface area contributed by atoms with Crippen LogP contribution in [0.25, 0.3) is 22.4 Å². The number of hydrogen-bond acceptors (Lipinski definition) is 9. The number of nitrogens with one attached hydrogen (secondary N) is 1. The number of amides is 1. The van der Waals surface area contributed by atoms with E-state index in [9.17, 15) is 14.7 Å². The van der Waals surface area contributed by atoms with Gasteiger partial charge in [0.1, 0.15) is 17.2 Å². The molecule has 1 aromatic carbocycles. The predicted octanol–water partition coefficient (Wildman–Crippen LogP) is 4.78. The summed E-state index contributed by atoms with van der Waals surface area (Å²) in [5.41, 5.74) is 0.583. The number of carboxylic acid groups (broad SMARTS) is 1. The number of ether oxygens (including phenoxy) is 1. The van der Waals surface area contributed by atoms with Crippen LogP contribution in [-0.4, -0.2) is 32.1 Å². The highest BCUT2D eigenvalue weighted by atomic mass is 16.6. The third-order valence-corrected chi connectivity index (χ3v) is 6.10. The highest BCUT2D eigenvalue weighted by Gasteiger charge is 2.56. The first-order valence-corrected chi connectivity index (χ1v) is 11.4. The number of anilines is 1. The second-order valence-corrected chi connectivity index (χ2v) is 8.55. The van der Waals surface area contributed by atoms with Crippen LogP contribution in [0.4, 0.5) is 10.5 Å². The van der Waals surface area contributed by atoms with Gasteiger partial charge in [-0.15, -0.1) is 0 Å². The van der Waals surface area contributed by atoms with Gasteiger partial charge in [0.2, 0.25) is 17.3 Å². The summed E-state index contributed by atoms with van der Waals surface area (Å²) in [5.74, 6) is 4.71. The predicted molar refractivity (Wildman–Crippen MR) is 128 cm³/mol. The van der Waals surface area contributed by atoms with Gasteiger partial charge in [-0.1, -0.05) is 30.3 Å². The van der Waals surface area contributed by atoms with Gasteiger partial charge >= 0.3 is 17.8 Å². The van der Waals surface area contributed by atoms with Crippen molar-refractivity contribution < 1.29 is 32.7 Å². The van der Waals surface area contributed by atoms with Gasteiger partial charge in [-0.2, -0.15) is 9.97 Å². The molecule has 2 N–H and O–H groups in total. The summed E-state index contributed by atoms with van der Waals surface area (Å²) in [5, 5.41) is 12.7. The van der Waals surface area contributed by atoms with Gasteiger partial charge in [-0.25, -0.2) is 4.79 Å². The maximum Gasteiger partial charge on any atom is 0.412 e. The number of fused-ring (bicyclic) bond motifs is 2. The number of aliphatic carboxylic acids is 1. The van der Waals surface area contributed by atoms with Crippen LogP contribution in [-0.2, 0) is 14.9 Å². The Morgan fingerprint density at radius 3 is 2.65 bits per heavy atom. The number of furan rings is 1. The van der Waals surface area contributed by atoms with Crippen molar-refractivity contribution in [2.75, 3.05) is 5.32 Å². The lowest BCUT2D eigenvalue weighted by Crippen LogP contribution is -2.19. The van der Waals surface area contributed by atoms with Gasteiger partial charge in [0.15, 0.2) is 5.58 Å². The van der Waals surface area contributed by atoms with E-state index in [0.29, 0.717) is 29.5 Å². The number of oxazole rings is 2. The molecular formula is C26H18N4O7. The fraction of sp³-hybridized carbons (Fsp3) is 0.192. The first kappa shape index (κ1) is 22.4. The number of hydrogen-bond donors (Lipinski definition) is 2. The SMILES string of the molecule is CC(OC(=O)Nc1c(C#Cc2nc3nc(C4(C(=O)O)CC4)oc3o2)oc2cnccc12)c1ccccc1. The Bertz CT molecular complexity index is 1690. The van der Waals surface area contributed by atoms with Crippen LogP contribution in [0.3, 0.4) is 0 Å². The van der Waals surface area contributed by atoms with Gasteiger partial charge in [0, 0.05) is 17.5 Å². The number of rotatable bonds is 5. The van der Waals surface area contributed by atoms with Crippen LogP contribution in [0.15, 0.2) is 62.0 Å². The molecule has 184 valence electrons. The van der Waals surface area contributed by atoms with Crippen molar-refractivity contribution in [1.29, 1.82) is 0 Å². The summed E-state index contributed by atoms with van der Waals surface area (Å²) in [6.07, 6.45) is 2.79. The van der Waals surface area contributed by atoms with E-state index in [0.717, 1.165) is 5.56 Å². The topological polar surface area (TPSA) is 154 Å². The molecule has 0 saturated heterocycles. The average Bonchev–Trinajstić information content (AvgIpc) is 3.33. The summed E-state index contributed by atoms with van der Waals surface area (Å²) in [7, 11) is 0. The molecule has 5 aromatic rings. The van der Waals surface area contributed by atoms with E-state index in [-0.39, 0.29) is 29.0 Å². The molecule has 1 atom stereocenters. The van der Waals surface area contributed by atoms with Crippen molar-refractivity contribution in [3.05, 3.63) is 71.9 Å². The van der Waals surface area contributed by atoms with E-state index in [4.69, 9.17) is 18.0 Å². The molecule has 0 aliphatic heterocycles. The van der Waals surface area contributed by atoms with E-state index in [1.807, 2.05) is 30.3 Å². The number of carbonyl (C=O) groups excluding carboxylic acids is 1. The molecule has 0 bridgehead atoms. The first-order valence-electron chi connectivity index (χ1n) is 11.4. The number of aromatic nitrogens is 3. The molecule has 0 spiro atoms. The summed E-state index contributed by atoms with van der Waals surface area (Å²) in [6, 6.07) is 11.0. The summed E-state index contributed by atoms with van der Waals surface area (Å²) >= 11 is 0. The van der Waals surface area contributed by atoms with Crippen LogP contribution in [0.2, 0.25) is 0 Å². The highest BCUT2D eigenvalue weighted by molar-refractivity contribution is 6.00. The Kier molecular flexibility index (Phi) is 5.15. The van der Waals surface area contributed by atoms with E-state index in [1.54, 1.807) is 19.2 Å². The first-order chi connectivity index (χ1) is 17.9. The molecule has 11 heteroatoms. The zero-order chi connectivity index (χ0) is 25.6. The molecule has 0 radical (unpaired) electrons. The van der Waals surface area contributed by atoms with Crippen molar-refractivity contribution >= 4 is 40.1 Å². The average molecular weight is 498 g/mol. The molecule has 1 unspecified atom stereocenters. The van der Waals surface area contributed by atoms with Crippen LogP contribution in [0.5, 0.6) is 0 Å². The Morgan fingerprint density at radius 1 is 1.11 bits per heavy atom. The lowest BCUT2D eigenvalue weighted by atomic mass is 10.1. The van der Waals surface area contributed by atoms with Gasteiger partial charge in [0.25, 0.3) is 5.89 Å². The number of pyridine rings is 1. The smallest absolute Gasteiger partial charge is 0.412 e. The molecule has 37 heavy (non-hydrogen) atoms. The van der Waals surface area contributed by atoms with Crippen molar-refractivity contribution in [1.82, 2.24) is 15.0 Å². The minimum absolute atomic E-state index is 0.0159. The van der Waals surface area contributed by atoms with Crippen LogP contribution >= 0.6 is 0 Å². The Balaban J connectivity index is 1.26. The lowest BCUT2D eigenvalue weighted by molar-refractivity contribution is -0.140. The second-order valence-electron chi connectivity index (χ2n) is 8.55. The van der Waals surface area contributed by atoms with Gasteiger partial charge in [-0.05, 0) is 37.3 Å². The van der Waals surface area contributed by atoms with E-state index < -0.39 is 23.6 Å². The summed E-state index contributed by atoms with van der Waals surface area (Å²) < 4.78 is 22.3. The van der Waals surface area contributed by atoms with Crippen molar-refractivity contribution in [2.24, 2.45) is 0 Å². The Hall–Kier alpha value is -5.11. The molecule has 1 amide bonds. The Morgan fingerprint density at radius 2 is 1.92 bits per heavy atom. The molecule has 1 fully saturated rings. The standard InChI is InChI=1S/C26H18N4O7/c1-14(15-5-3-2-4-6-15)34-25(33)29-20-16-9-12-27-13-18(16)35-17(20)7-8-19-28-21-22(36-19)37-23(30-21)26(10-11-26)24(31)32/h2-6,9,12-14H,10-11H2,1H3,(H,29,33)(H,31,32). The molecule has 1 saturated carbocycles. The van der Waals surface area contributed by atoms with Crippen molar-refractivity contribution in [3.63, 3.8) is 0 Å². The van der Waals surface area contributed by atoms with Gasteiger partial charge in [-0.3, -0.25) is 15.1 Å². The van der Waals surface area contributed by atoms with Gasteiger partial charge in [0.05, 0.1) is 6.20 Å². The largest absolute Gasteiger partial charge is 0.480 e. The molecule has 11 nitrogen and oxygen atoms in total. The monoisotopic (exact) mass is 498 g/mol. The minimum atomic E-state index is -1.11. The summed E-state index contributed by atoms with van der Waals surface area (Å²) in [6.45, 7) is 1.77. The van der Waals surface area contributed by atoms with E-state index >= 15 is 0 Å².